The number of sulfonamides is 1. The van der Waals surface area contributed by atoms with Crippen molar-refractivity contribution in [1.29, 1.82) is 0 Å². The summed E-state index contributed by atoms with van der Waals surface area (Å²) in [6.07, 6.45) is 0. The second-order valence-electron chi connectivity index (χ2n) is 7.35. The molecule has 0 saturated carbocycles. The average molecular weight is 521 g/mol. The Hall–Kier alpha value is -3.52. The fourth-order valence-corrected chi connectivity index (χ4v) is 4.60. The van der Waals surface area contributed by atoms with E-state index in [2.05, 4.69) is 15.5 Å². The first-order chi connectivity index (χ1) is 17.3. The average Bonchev–Trinajstić information content (AvgIpc) is 3.36. The van der Waals surface area contributed by atoms with E-state index < -0.39 is 15.9 Å². The second-order valence-corrected chi connectivity index (χ2v) is 9.28. The lowest BCUT2D eigenvalue weighted by atomic mass is 10.2. The first kappa shape index (κ1) is 27.1. The van der Waals surface area contributed by atoms with Gasteiger partial charge in [0.1, 0.15) is 11.5 Å². The van der Waals surface area contributed by atoms with E-state index in [0.29, 0.717) is 17.1 Å². The maximum absolute atomic E-state index is 13.0. The maximum atomic E-state index is 13.0. The molecule has 0 aliphatic carbocycles. The molecule has 0 atom stereocenters. The smallest absolute Gasteiger partial charge is 0.322 e. The summed E-state index contributed by atoms with van der Waals surface area (Å²) in [4.78, 5) is 12.7. The molecular weight excluding hydrogens is 492 g/mol. The van der Waals surface area contributed by atoms with E-state index in [-0.39, 0.29) is 48.7 Å². The van der Waals surface area contributed by atoms with Crippen LogP contribution in [0.15, 0.2) is 51.8 Å². The van der Waals surface area contributed by atoms with Crippen LogP contribution in [0.2, 0.25) is 0 Å². The molecule has 3 aromatic rings. The molecule has 0 unspecified atom stereocenters. The van der Waals surface area contributed by atoms with Crippen molar-refractivity contribution >= 4 is 21.9 Å². The Bertz CT molecular complexity index is 1250. The first-order valence-electron chi connectivity index (χ1n) is 10.8. The first-order valence-corrected chi connectivity index (χ1v) is 12.2. The van der Waals surface area contributed by atoms with Crippen molar-refractivity contribution in [3.63, 3.8) is 0 Å². The van der Waals surface area contributed by atoms with E-state index in [9.17, 15) is 13.2 Å². The molecular formula is C23H28N4O8S. The highest BCUT2D eigenvalue weighted by molar-refractivity contribution is 7.89. The van der Waals surface area contributed by atoms with Crippen molar-refractivity contribution in [3.05, 3.63) is 48.0 Å². The number of hydrogen-bond donors (Lipinski definition) is 1. The third-order valence-corrected chi connectivity index (χ3v) is 7.04. The fraction of sp³-hybridized carbons (Fsp3) is 0.348. The van der Waals surface area contributed by atoms with Crippen LogP contribution in [-0.2, 0) is 19.5 Å². The van der Waals surface area contributed by atoms with Crippen LogP contribution in [0.3, 0.4) is 0 Å². The van der Waals surface area contributed by atoms with Crippen LogP contribution in [0.4, 0.5) is 6.01 Å². The number of hydrogen-bond acceptors (Lipinski definition) is 10. The van der Waals surface area contributed by atoms with Gasteiger partial charge in [-0.05, 0) is 36.4 Å². The van der Waals surface area contributed by atoms with Crippen LogP contribution in [0.25, 0.3) is 11.5 Å². The largest absolute Gasteiger partial charge is 0.497 e. The topological polar surface area (TPSA) is 142 Å². The predicted octanol–water partition coefficient (Wildman–Crippen LogP) is 2.29. The molecule has 1 heterocycles. The van der Waals surface area contributed by atoms with E-state index in [1.54, 1.807) is 18.2 Å². The molecule has 36 heavy (non-hydrogen) atoms. The summed E-state index contributed by atoms with van der Waals surface area (Å²) in [5, 5.41) is 10.3. The number of anilines is 1. The van der Waals surface area contributed by atoms with Crippen LogP contribution in [0.1, 0.15) is 10.4 Å². The number of rotatable bonds is 13. The van der Waals surface area contributed by atoms with E-state index in [1.165, 1.54) is 57.0 Å². The lowest BCUT2D eigenvalue weighted by Crippen LogP contribution is -2.36. The van der Waals surface area contributed by atoms with Crippen molar-refractivity contribution in [2.75, 3.05) is 60.1 Å². The Balaban J connectivity index is 1.73. The SMILES string of the molecule is COCCN(CCOC)S(=O)(=O)c1ccc(C(=O)Nc2nnc(-c3ccc(OC)cc3OC)o2)cc1. The molecule has 1 amide bonds. The number of amides is 1. The summed E-state index contributed by atoms with van der Waals surface area (Å²) in [6, 6.07) is 10.5. The van der Waals surface area contributed by atoms with Gasteiger partial charge in [0, 0.05) is 38.9 Å². The van der Waals surface area contributed by atoms with Gasteiger partial charge in [-0.1, -0.05) is 5.10 Å². The molecule has 1 N–H and O–H groups in total. The van der Waals surface area contributed by atoms with E-state index in [4.69, 9.17) is 23.4 Å². The summed E-state index contributed by atoms with van der Waals surface area (Å²) < 4.78 is 53.4. The normalized spacial score (nSPS) is 11.5. The van der Waals surface area contributed by atoms with Crippen LogP contribution in [0, 0.1) is 0 Å². The molecule has 0 bridgehead atoms. The van der Waals surface area contributed by atoms with Gasteiger partial charge >= 0.3 is 6.01 Å². The molecule has 1 aromatic heterocycles. The monoisotopic (exact) mass is 520 g/mol. The summed E-state index contributed by atoms with van der Waals surface area (Å²) in [5.74, 6) is 0.636. The van der Waals surface area contributed by atoms with Gasteiger partial charge in [-0.3, -0.25) is 10.1 Å². The van der Waals surface area contributed by atoms with Gasteiger partial charge in [0.25, 0.3) is 11.8 Å². The molecule has 194 valence electrons. The number of ether oxygens (including phenoxy) is 4. The van der Waals surface area contributed by atoms with Gasteiger partial charge in [0.2, 0.25) is 10.0 Å². The Morgan fingerprint density at radius 1 is 0.944 bits per heavy atom. The molecule has 0 spiro atoms. The number of carbonyl (C=O) groups excluding carboxylic acids is 1. The quantitative estimate of drug-likeness (QED) is 0.357. The Morgan fingerprint density at radius 2 is 1.61 bits per heavy atom. The summed E-state index contributed by atoms with van der Waals surface area (Å²) in [7, 11) is 2.22. The minimum absolute atomic E-state index is 0.0398. The summed E-state index contributed by atoms with van der Waals surface area (Å²) >= 11 is 0. The van der Waals surface area contributed by atoms with Gasteiger partial charge in [-0.25, -0.2) is 8.42 Å². The molecule has 12 nitrogen and oxygen atoms in total. The number of nitrogens with zero attached hydrogens (tertiary/aromatic N) is 3. The number of carbonyl (C=O) groups is 1. The standard InChI is InChI=1S/C23H28N4O8S/c1-31-13-11-27(12-14-32-2)36(29,30)18-8-5-16(6-9-18)21(28)24-23-26-25-22(35-23)19-10-7-17(33-3)15-20(19)34-4/h5-10,15H,11-14H2,1-4H3,(H,24,26,28). The highest BCUT2D eigenvalue weighted by Crippen LogP contribution is 2.33. The number of nitrogens with one attached hydrogen (secondary N) is 1. The number of aromatic nitrogens is 2. The molecule has 3 rings (SSSR count). The Morgan fingerprint density at radius 3 is 2.19 bits per heavy atom. The van der Waals surface area contributed by atoms with Crippen LogP contribution in [0.5, 0.6) is 11.5 Å². The lowest BCUT2D eigenvalue weighted by Gasteiger charge is -2.21. The molecule has 0 aliphatic rings. The van der Waals surface area contributed by atoms with Crippen molar-refractivity contribution in [1.82, 2.24) is 14.5 Å². The predicted molar refractivity (Wildman–Crippen MR) is 130 cm³/mol. The van der Waals surface area contributed by atoms with Gasteiger partial charge in [0.05, 0.1) is 37.9 Å². The van der Waals surface area contributed by atoms with E-state index in [0.717, 1.165) is 0 Å². The van der Waals surface area contributed by atoms with Gasteiger partial charge < -0.3 is 23.4 Å². The molecule has 13 heteroatoms. The maximum Gasteiger partial charge on any atom is 0.322 e. The summed E-state index contributed by atoms with van der Waals surface area (Å²) in [6.45, 7) is 0.807. The van der Waals surface area contributed by atoms with E-state index >= 15 is 0 Å². The van der Waals surface area contributed by atoms with Crippen LogP contribution < -0.4 is 14.8 Å². The minimum Gasteiger partial charge on any atom is -0.497 e. The zero-order valence-electron chi connectivity index (χ0n) is 20.4. The van der Waals surface area contributed by atoms with Crippen molar-refractivity contribution in [3.8, 4) is 23.0 Å². The van der Waals surface area contributed by atoms with Crippen molar-refractivity contribution in [2.45, 2.75) is 4.90 Å². The third kappa shape index (κ3) is 6.37. The molecule has 0 fully saturated rings. The highest BCUT2D eigenvalue weighted by Gasteiger charge is 2.24. The molecule has 0 saturated heterocycles. The van der Waals surface area contributed by atoms with Crippen molar-refractivity contribution < 1.29 is 36.6 Å². The summed E-state index contributed by atoms with van der Waals surface area (Å²) in [5.41, 5.74) is 0.725. The second kappa shape index (κ2) is 12.4. The third-order valence-electron chi connectivity index (χ3n) is 5.13. The van der Waals surface area contributed by atoms with Crippen LogP contribution >= 0.6 is 0 Å². The fourth-order valence-electron chi connectivity index (χ4n) is 3.19. The Kier molecular flexibility index (Phi) is 9.36. The molecule has 2 aromatic carbocycles. The van der Waals surface area contributed by atoms with Gasteiger partial charge in [-0.2, -0.15) is 4.31 Å². The van der Waals surface area contributed by atoms with E-state index in [1.807, 2.05) is 0 Å². The lowest BCUT2D eigenvalue weighted by molar-refractivity contribution is 0.102. The zero-order chi connectivity index (χ0) is 26.1. The Labute approximate surface area is 209 Å². The van der Waals surface area contributed by atoms with Gasteiger partial charge in [0.15, 0.2) is 0 Å². The number of benzene rings is 2. The highest BCUT2D eigenvalue weighted by atomic mass is 32.2. The minimum atomic E-state index is -3.81. The van der Waals surface area contributed by atoms with Gasteiger partial charge in [-0.15, -0.1) is 5.10 Å². The van der Waals surface area contributed by atoms with Crippen molar-refractivity contribution in [2.24, 2.45) is 0 Å². The molecule has 0 radical (unpaired) electrons. The molecule has 0 aliphatic heterocycles. The zero-order valence-corrected chi connectivity index (χ0v) is 21.2. The van der Waals surface area contributed by atoms with Crippen LogP contribution in [-0.4, -0.2) is 83.6 Å². The number of methoxy groups -OCH3 is 4.